The number of primary amides is 1. The Kier molecular flexibility index (Phi) is 5.78. The summed E-state index contributed by atoms with van der Waals surface area (Å²) in [4.78, 5) is 13.0. The molecule has 2 heterocycles. The number of furan rings is 1. The molecule has 1 aliphatic rings. The molecular weight excluding hydrogens is 388 g/mol. The molecule has 0 unspecified atom stereocenters. The summed E-state index contributed by atoms with van der Waals surface area (Å²) in [7, 11) is -3.81. The van der Waals surface area contributed by atoms with Gasteiger partial charge < -0.3 is 20.4 Å². The van der Waals surface area contributed by atoms with Crippen molar-refractivity contribution >= 4 is 33.3 Å². The molecule has 1 saturated heterocycles. The Morgan fingerprint density at radius 2 is 1.78 bits per heavy atom. The van der Waals surface area contributed by atoms with Crippen molar-refractivity contribution in [2.75, 3.05) is 26.2 Å². The Hall–Kier alpha value is -2.43. The van der Waals surface area contributed by atoms with E-state index in [0.717, 1.165) is 5.56 Å². The number of carbonyl (C=O) groups excluding carboxylic acids is 1. The second kappa shape index (κ2) is 8.07. The highest BCUT2D eigenvalue weighted by Gasteiger charge is 2.32. The van der Waals surface area contributed by atoms with E-state index in [1.807, 2.05) is 35.2 Å². The molecule has 3 N–H and O–H groups in total. The largest absolute Gasteiger partial charge is 0.438 e. The lowest BCUT2D eigenvalue weighted by molar-refractivity contribution is 0.0968. The van der Waals surface area contributed by atoms with Crippen LogP contribution in [0, 0.1) is 0 Å². The second-order valence-electron chi connectivity index (χ2n) is 6.02. The monoisotopic (exact) mass is 408 g/mol. The van der Waals surface area contributed by atoms with Crippen molar-refractivity contribution in [3.8, 4) is 0 Å². The lowest BCUT2D eigenvalue weighted by atomic mass is 10.2. The molecule has 8 nitrogen and oxygen atoms in total. The second-order valence-corrected chi connectivity index (χ2v) is 8.27. The third-order valence-electron chi connectivity index (χ3n) is 4.23. The smallest absolute Gasteiger partial charge is 0.284 e. The van der Waals surface area contributed by atoms with Crippen molar-refractivity contribution in [1.29, 1.82) is 0 Å². The van der Waals surface area contributed by atoms with Crippen LogP contribution in [0.2, 0.25) is 0 Å². The van der Waals surface area contributed by atoms with E-state index >= 15 is 0 Å². The fourth-order valence-electron chi connectivity index (χ4n) is 2.74. The number of nitrogens with two attached hydrogens (primary N) is 1. The highest BCUT2D eigenvalue weighted by Crippen LogP contribution is 2.20. The lowest BCUT2D eigenvalue weighted by Crippen LogP contribution is -2.52. The summed E-state index contributed by atoms with van der Waals surface area (Å²) < 4.78 is 31.6. The predicted octanol–water partition coefficient (Wildman–Crippen LogP) is 0.760. The molecule has 1 amide bonds. The van der Waals surface area contributed by atoms with E-state index in [1.54, 1.807) is 0 Å². The average molecular weight is 409 g/mol. The Morgan fingerprint density at radius 1 is 1.11 bits per heavy atom. The fraction of sp³-hybridized carbons (Fsp3) is 0.294. The molecule has 27 heavy (non-hydrogen) atoms. The predicted molar refractivity (Wildman–Crippen MR) is 103 cm³/mol. The Labute approximate surface area is 163 Å². The summed E-state index contributed by atoms with van der Waals surface area (Å²) >= 11 is 5.41. The van der Waals surface area contributed by atoms with Gasteiger partial charge in [0, 0.05) is 32.7 Å². The third-order valence-corrected chi connectivity index (χ3v) is 6.41. The van der Waals surface area contributed by atoms with Crippen molar-refractivity contribution in [2.24, 2.45) is 5.73 Å². The zero-order valence-electron chi connectivity index (χ0n) is 14.5. The maximum absolute atomic E-state index is 12.6. The average Bonchev–Trinajstić information content (AvgIpc) is 3.18. The van der Waals surface area contributed by atoms with Crippen LogP contribution in [0.1, 0.15) is 16.1 Å². The first-order valence-electron chi connectivity index (χ1n) is 8.34. The minimum Gasteiger partial charge on any atom is -0.438 e. The van der Waals surface area contributed by atoms with Crippen LogP contribution in [-0.2, 0) is 16.6 Å². The first kappa shape index (κ1) is 19.3. The zero-order valence-corrected chi connectivity index (χ0v) is 16.1. The van der Waals surface area contributed by atoms with Gasteiger partial charge in [-0.3, -0.25) is 4.79 Å². The molecular formula is C17H20N4O4S2. The van der Waals surface area contributed by atoms with Gasteiger partial charge in [0.1, 0.15) is 0 Å². The number of carbonyl (C=O) groups is 1. The number of nitrogens with zero attached hydrogens (tertiary/aromatic N) is 2. The number of hydrogen-bond acceptors (Lipinski definition) is 5. The Bertz CT molecular complexity index is 919. The van der Waals surface area contributed by atoms with E-state index in [4.69, 9.17) is 22.4 Å². The number of sulfonamides is 1. The number of thiocarbonyl (C=S) groups is 1. The molecule has 0 atom stereocenters. The van der Waals surface area contributed by atoms with Crippen LogP contribution < -0.4 is 11.1 Å². The van der Waals surface area contributed by atoms with Crippen LogP contribution in [0.3, 0.4) is 0 Å². The summed E-state index contributed by atoms with van der Waals surface area (Å²) in [5.41, 5.74) is 6.22. The summed E-state index contributed by atoms with van der Waals surface area (Å²) in [6.45, 7) is 2.07. The van der Waals surface area contributed by atoms with Crippen LogP contribution in [0.4, 0.5) is 0 Å². The zero-order chi connectivity index (χ0) is 19.4. The number of piperazine rings is 1. The van der Waals surface area contributed by atoms with Gasteiger partial charge in [0.25, 0.3) is 15.9 Å². The number of rotatable bonds is 5. The van der Waals surface area contributed by atoms with Gasteiger partial charge in [-0.25, -0.2) is 8.42 Å². The van der Waals surface area contributed by atoms with Crippen molar-refractivity contribution in [3.05, 3.63) is 53.8 Å². The normalized spacial score (nSPS) is 15.5. The van der Waals surface area contributed by atoms with E-state index in [0.29, 0.717) is 24.7 Å². The Morgan fingerprint density at radius 3 is 2.37 bits per heavy atom. The van der Waals surface area contributed by atoms with Crippen molar-refractivity contribution < 1.29 is 17.6 Å². The molecule has 144 valence electrons. The minimum atomic E-state index is -3.81. The molecule has 0 spiro atoms. The maximum atomic E-state index is 12.6. The van der Waals surface area contributed by atoms with Gasteiger partial charge in [-0.2, -0.15) is 4.31 Å². The first-order valence-corrected chi connectivity index (χ1v) is 10.2. The molecule has 1 fully saturated rings. The molecule has 0 bridgehead atoms. The molecule has 1 aromatic heterocycles. The van der Waals surface area contributed by atoms with Gasteiger partial charge in [0.2, 0.25) is 5.09 Å². The van der Waals surface area contributed by atoms with Crippen LogP contribution in [-0.4, -0.2) is 54.8 Å². The van der Waals surface area contributed by atoms with E-state index in [2.05, 4.69) is 5.32 Å². The molecule has 1 aliphatic heterocycles. The van der Waals surface area contributed by atoms with Crippen LogP contribution in [0.5, 0.6) is 0 Å². The van der Waals surface area contributed by atoms with E-state index in [9.17, 15) is 13.2 Å². The Balaban J connectivity index is 1.56. The quantitative estimate of drug-likeness (QED) is 0.703. The summed E-state index contributed by atoms with van der Waals surface area (Å²) in [5, 5.41) is 3.49. The SMILES string of the molecule is NC(=O)c1ccc(S(=O)(=O)N2CCN(C(=S)NCc3ccccc3)CC2)o1. The molecule has 0 saturated carbocycles. The number of nitrogens with one attached hydrogen (secondary N) is 1. The molecule has 2 aromatic rings. The molecule has 1 aromatic carbocycles. The number of hydrogen-bond donors (Lipinski definition) is 2. The van der Waals surface area contributed by atoms with Crippen LogP contribution >= 0.6 is 12.2 Å². The standard InChI is InChI=1S/C17H20N4O4S2/c18-16(22)14-6-7-15(25-14)27(23,24)21-10-8-20(9-11-21)17(26)19-12-13-4-2-1-3-5-13/h1-7H,8-12H2,(H2,18,22)(H,19,26). The van der Waals surface area contributed by atoms with Crippen molar-refractivity contribution in [2.45, 2.75) is 11.6 Å². The summed E-state index contributed by atoms with van der Waals surface area (Å²) in [6.07, 6.45) is 0. The number of benzene rings is 1. The van der Waals surface area contributed by atoms with E-state index in [1.165, 1.54) is 16.4 Å². The summed E-state index contributed by atoms with van der Waals surface area (Å²) in [5.74, 6) is -0.991. The topological polar surface area (TPSA) is 109 Å². The first-order chi connectivity index (χ1) is 12.9. The van der Waals surface area contributed by atoms with Gasteiger partial charge in [-0.1, -0.05) is 30.3 Å². The van der Waals surface area contributed by atoms with E-state index < -0.39 is 15.9 Å². The van der Waals surface area contributed by atoms with Gasteiger partial charge in [-0.05, 0) is 29.9 Å². The van der Waals surface area contributed by atoms with E-state index in [-0.39, 0.29) is 23.9 Å². The lowest BCUT2D eigenvalue weighted by Gasteiger charge is -2.35. The molecule has 0 aliphatic carbocycles. The van der Waals surface area contributed by atoms with Gasteiger partial charge in [-0.15, -0.1) is 0 Å². The summed E-state index contributed by atoms with van der Waals surface area (Å²) in [6, 6.07) is 12.4. The number of amides is 1. The highest BCUT2D eigenvalue weighted by molar-refractivity contribution is 7.89. The van der Waals surface area contributed by atoms with Crippen LogP contribution in [0.15, 0.2) is 52.0 Å². The fourth-order valence-corrected chi connectivity index (χ4v) is 4.32. The molecule has 10 heteroatoms. The van der Waals surface area contributed by atoms with Crippen LogP contribution in [0.25, 0.3) is 0 Å². The minimum absolute atomic E-state index is 0.182. The van der Waals surface area contributed by atoms with Gasteiger partial charge in [0.15, 0.2) is 10.9 Å². The van der Waals surface area contributed by atoms with Crippen molar-refractivity contribution in [1.82, 2.24) is 14.5 Å². The third kappa shape index (κ3) is 4.46. The maximum Gasteiger partial charge on any atom is 0.284 e. The van der Waals surface area contributed by atoms with Gasteiger partial charge in [0.05, 0.1) is 0 Å². The van der Waals surface area contributed by atoms with Crippen molar-refractivity contribution in [3.63, 3.8) is 0 Å². The van der Waals surface area contributed by atoms with Gasteiger partial charge >= 0.3 is 0 Å². The highest BCUT2D eigenvalue weighted by atomic mass is 32.2. The molecule has 3 rings (SSSR count). The molecule has 0 radical (unpaired) electrons.